The number of nitrogens with zero attached hydrogens (tertiary/aromatic N) is 1. The first-order valence-corrected chi connectivity index (χ1v) is 11.3. The van der Waals surface area contributed by atoms with Crippen LogP contribution in [0, 0.1) is 5.92 Å². The van der Waals surface area contributed by atoms with E-state index < -0.39 is 0 Å². The standard InChI is InChI=1S/C26H37NO2S/c1-7-11-22(12-8-2)17-27(6)21(5)24(18-29)25(20(3)4)19-30-26-14-10-9-13-23(26)15-16-28/h7-14,19-20,28-29H,1,15-18H2,2-6H3/b12-8-,22-11+,24-21-,25-19+. The number of rotatable bonds is 12. The quantitative estimate of drug-likeness (QED) is 0.330. The highest BCUT2D eigenvalue weighted by molar-refractivity contribution is 8.02. The molecule has 0 amide bonds. The zero-order chi connectivity index (χ0) is 22.5. The molecule has 30 heavy (non-hydrogen) atoms. The third-order valence-electron chi connectivity index (χ3n) is 4.94. The Morgan fingerprint density at radius 1 is 1.23 bits per heavy atom. The Balaban J connectivity index is 3.24. The third-order valence-corrected chi connectivity index (χ3v) is 5.96. The summed E-state index contributed by atoms with van der Waals surface area (Å²) in [5.41, 5.74) is 5.44. The molecule has 0 aromatic heterocycles. The van der Waals surface area contributed by atoms with Crippen LogP contribution in [0.5, 0.6) is 0 Å². The zero-order valence-corrected chi connectivity index (χ0v) is 19.9. The summed E-state index contributed by atoms with van der Waals surface area (Å²) in [4.78, 5) is 3.30. The van der Waals surface area contributed by atoms with Crippen molar-refractivity contribution >= 4 is 11.8 Å². The Morgan fingerprint density at radius 3 is 2.50 bits per heavy atom. The average molecular weight is 428 g/mol. The molecule has 1 aromatic rings. The summed E-state index contributed by atoms with van der Waals surface area (Å²) in [7, 11) is 2.05. The first-order valence-electron chi connectivity index (χ1n) is 10.4. The Bertz CT molecular complexity index is 803. The highest BCUT2D eigenvalue weighted by Gasteiger charge is 2.15. The van der Waals surface area contributed by atoms with Crippen LogP contribution in [-0.4, -0.2) is 41.9 Å². The van der Waals surface area contributed by atoms with E-state index in [1.54, 1.807) is 17.8 Å². The van der Waals surface area contributed by atoms with Crippen molar-refractivity contribution in [3.63, 3.8) is 0 Å². The number of allylic oxidation sites excluding steroid dienone is 4. The summed E-state index contributed by atoms with van der Waals surface area (Å²) >= 11 is 1.65. The zero-order valence-electron chi connectivity index (χ0n) is 19.1. The first kappa shape index (κ1) is 26.0. The molecule has 0 unspecified atom stereocenters. The fraction of sp³-hybridized carbons (Fsp3) is 0.385. The number of hydrogen-bond acceptors (Lipinski definition) is 4. The van der Waals surface area contributed by atoms with Gasteiger partial charge in [-0.3, -0.25) is 0 Å². The summed E-state index contributed by atoms with van der Waals surface area (Å²) in [6.07, 6.45) is 8.55. The predicted octanol–water partition coefficient (Wildman–Crippen LogP) is 5.74. The van der Waals surface area contributed by atoms with Gasteiger partial charge in [0.05, 0.1) is 6.61 Å². The van der Waals surface area contributed by atoms with Crippen LogP contribution < -0.4 is 0 Å². The average Bonchev–Trinajstić information content (AvgIpc) is 2.72. The fourth-order valence-corrected chi connectivity index (χ4v) is 4.34. The molecule has 0 aliphatic carbocycles. The summed E-state index contributed by atoms with van der Waals surface area (Å²) in [6.45, 7) is 13.0. The molecule has 0 saturated carbocycles. The molecule has 0 aliphatic heterocycles. The molecule has 0 heterocycles. The van der Waals surface area contributed by atoms with Gasteiger partial charge in [-0.2, -0.15) is 0 Å². The second-order valence-corrected chi connectivity index (χ2v) is 8.39. The van der Waals surface area contributed by atoms with Crippen molar-refractivity contribution in [3.05, 3.63) is 88.5 Å². The van der Waals surface area contributed by atoms with Gasteiger partial charge in [0.1, 0.15) is 0 Å². The highest BCUT2D eigenvalue weighted by Crippen LogP contribution is 2.31. The number of benzene rings is 1. The van der Waals surface area contributed by atoms with Gasteiger partial charge >= 0.3 is 0 Å². The molecule has 164 valence electrons. The van der Waals surface area contributed by atoms with Gasteiger partial charge in [-0.05, 0) is 54.4 Å². The SMILES string of the molecule is C=C/C=C(\C=C/C)CN(C)/C(C)=C(CO)\C(=C\Sc1ccccc1CCO)C(C)C. The molecule has 0 fully saturated rings. The van der Waals surface area contributed by atoms with Gasteiger partial charge in [0.15, 0.2) is 0 Å². The van der Waals surface area contributed by atoms with E-state index in [2.05, 4.69) is 55.9 Å². The Morgan fingerprint density at radius 2 is 1.93 bits per heavy atom. The smallest absolute Gasteiger partial charge is 0.0701 e. The van der Waals surface area contributed by atoms with E-state index in [1.807, 2.05) is 38.3 Å². The van der Waals surface area contributed by atoms with Gasteiger partial charge in [0.2, 0.25) is 0 Å². The number of aliphatic hydroxyl groups is 2. The largest absolute Gasteiger partial charge is 0.396 e. The van der Waals surface area contributed by atoms with E-state index in [0.717, 1.165) is 39.4 Å². The number of aliphatic hydroxyl groups excluding tert-OH is 2. The molecular weight excluding hydrogens is 390 g/mol. The third kappa shape index (κ3) is 8.02. The van der Waals surface area contributed by atoms with Crippen LogP contribution in [0.25, 0.3) is 0 Å². The van der Waals surface area contributed by atoms with Crippen molar-refractivity contribution in [2.24, 2.45) is 5.92 Å². The van der Waals surface area contributed by atoms with E-state index in [-0.39, 0.29) is 19.1 Å². The molecule has 0 saturated heterocycles. The lowest BCUT2D eigenvalue weighted by Gasteiger charge is -2.26. The topological polar surface area (TPSA) is 43.7 Å². The van der Waals surface area contributed by atoms with E-state index in [1.165, 1.54) is 0 Å². The maximum atomic E-state index is 10.2. The lowest BCUT2D eigenvalue weighted by molar-refractivity contribution is 0.299. The summed E-state index contributed by atoms with van der Waals surface area (Å²) < 4.78 is 0. The van der Waals surface area contributed by atoms with Crippen molar-refractivity contribution in [1.29, 1.82) is 0 Å². The van der Waals surface area contributed by atoms with E-state index in [9.17, 15) is 10.2 Å². The van der Waals surface area contributed by atoms with Gasteiger partial charge in [-0.1, -0.05) is 74.7 Å². The normalized spacial score (nSPS) is 13.7. The van der Waals surface area contributed by atoms with Crippen molar-refractivity contribution in [1.82, 2.24) is 4.90 Å². The minimum atomic E-state index is -0.0108. The van der Waals surface area contributed by atoms with Crippen LogP contribution in [-0.2, 0) is 6.42 Å². The summed E-state index contributed by atoms with van der Waals surface area (Å²) in [5, 5.41) is 21.7. The minimum Gasteiger partial charge on any atom is -0.396 e. The molecule has 2 N–H and O–H groups in total. The molecule has 3 nitrogen and oxygen atoms in total. The monoisotopic (exact) mass is 427 g/mol. The van der Waals surface area contributed by atoms with Gasteiger partial charge in [0.25, 0.3) is 0 Å². The maximum absolute atomic E-state index is 10.2. The lowest BCUT2D eigenvalue weighted by Crippen LogP contribution is -2.22. The second kappa shape index (κ2) is 14.1. The van der Waals surface area contributed by atoms with E-state index >= 15 is 0 Å². The van der Waals surface area contributed by atoms with Crippen LogP contribution in [0.4, 0.5) is 0 Å². The van der Waals surface area contributed by atoms with Crippen LogP contribution in [0.3, 0.4) is 0 Å². The van der Waals surface area contributed by atoms with Crippen molar-refractivity contribution in [2.45, 2.75) is 39.0 Å². The molecular formula is C26H37NO2S. The molecule has 1 aromatic carbocycles. The van der Waals surface area contributed by atoms with Gasteiger partial charge < -0.3 is 15.1 Å². The Labute approximate surface area is 187 Å². The van der Waals surface area contributed by atoms with Crippen molar-refractivity contribution in [3.8, 4) is 0 Å². The van der Waals surface area contributed by atoms with Gasteiger partial charge in [-0.25, -0.2) is 0 Å². The molecule has 0 radical (unpaired) electrons. The molecule has 1 rings (SSSR count). The Kier molecular flexibility index (Phi) is 12.2. The minimum absolute atomic E-state index is 0.0108. The van der Waals surface area contributed by atoms with Gasteiger partial charge in [0, 0.05) is 36.4 Å². The van der Waals surface area contributed by atoms with Crippen LogP contribution >= 0.6 is 11.8 Å². The van der Waals surface area contributed by atoms with Crippen LogP contribution in [0.15, 0.2) is 87.9 Å². The molecule has 4 heteroatoms. The summed E-state index contributed by atoms with van der Waals surface area (Å²) in [6, 6.07) is 8.15. The van der Waals surface area contributed by atoms with Gasteiger partial charge in [-0.15, -0.1) is 0 Å². The van der Waals surface area contributed by atoms with Crippen molar-refractivity contribution < 1.29 is 10.2 Å². The second-order valence-electron chi connectivity index (χ2n) is 7.48. The first-order chi connectivity index (χ1) is 14.4. The molecule has 0 spiro atoms. The molecule has 0 bridgehead atoms. The maximum Gasteiger partial charge on any atom is 0.0701 e. The fourth-order valence-electron chi connectivity index (χ4n) is 3.19. The summed E-state index contributed by atoms with van der Waals surface area (Å²) in [5.74, 6) is 0.270. The van der Waals surface area contributed by atoms with E-state index in [4.69, 9.17) is 0 Å². The molecule has 0 atom stereocenters. The van der Waals surface area contributed by atoms with Crippen molar-refractivity contribution in [2.75, 3.05) is 26.8 Å². The predicted molar refractivity (Wildman–Crippen MR) is 132 cm³/mol. The van der Waals surface area contributed by atoms with E-state index in [0.29, 0.717) is 6.42 Å². The Hall–Kier alpha value is -2.01. The lowest BCUT2D eigenvalue weighted by atomic mass is 9.95. The molecule has 0 aliphatic rings. The highest BCUT2D eigenvalue weighted by atomic mass is 32.2. The van der Waals surface area contributed by atoms with Crippen LogP contribution in [0.2, 0.25) is 0 Å². The number of thioether (sulfide) groups is 1. The number of likely N-dealkylation sites (N-methyl/N-ethyl adjacent to an activating group) is 1. The van der Waals surface area contributed by atoms with Crippen LogP contribution in [0.1, 0.15) is 33.3 Å². The number of hydrogen-bond donors (Lipinski definition) is 2.